The molecule has 86 valence electrons. The topological polar surface area (TPSA) is 29.5 Å². The first-order valence-corrected chi connectivity index (χ1v) is 5.90. The summed E-state index contributed by atoms with van der Waals surface area (Å²) in [5.74, 6) is 1.39. The van der Waals surface area contributed by atoms with E-state index in [0.717, 1.165) is 25.0 Å². The van der Waals surface area contributed by atoms with E-state index in [-0.39, 0.29) is 17.1 Å². The van der Waals surface area contributed by atoms with Crippen molar-refractivity contribution in [1.82, 2.24) is 0 Å². The Morgan fingerprint density at radius 2 is 2.07 bits per heavy atom. The van der Waals surface area contributed by atoms with Crippen molar-refractivity contribution in [1.29, 1.82) is 0 Å². The number of allylic oxidation sites excluding steroid dienone is 2. The molecule has 2 aliphatic rings. The molecule has 1 aliphatic carbocycles. The Bertz CT molecular complexity index is 293. The lowest BCUT2D eigenvalue weighted by Crippen LogP contribution is -2.57. The molecule has 1 N–H and O–H groups in total. The summed E-state index contributed by atoms with van der Waals surface area (Å²) < 4.78 is 5.94. The molecule has 0 aromatic rings. The van der Waals surface area contributed by atoms with Gasteiger partial charge in [0, 0.05) is 5.92 Å². The molecule has 1 aliphatic heterocycles. The zero-order valence-electron chi connectivity index (χ0n) is 10.2. The molecule has 0 saturated heterocycles. The molecule has 0 radical (unpaired) electrons. The third-order valence-corrected chi connectivity index (χ3v) is 4.38. The number of aliphatic hydroxyl groups is 1. The molecular weight excluding hydrogens is 188 g/mol. The molecule has 0 aromatic carbocycles. The predicted molar refractivity (Wildman–Crippen MR) is 60.4 cm³/mol. The summed E-state index contributed by atoms with van der Waals surface area (Å²) in [6.45, 7) is 8.63. The van der Waals surface area contributed by atoms with Crippen LogP contribution in [0.5, 0.6) is 0 Å². The Kier molecular flexibility index (Phi) is 2.38. The second-order valence-electron chi connectivity index (χ2n) is 5.93. The minimum atomic E-state index is -0.374. The van der Waals surface area contributed by atoms with E-state index in [0.29, 0.717) is 5.92 Å². The van der Waals surface area contributed by atoms with Gasteiger partial charge in [0.1, 0.15) is 5.60 Å². The Morgan fingerprint density at radius 1 is 1.40 bits per heavy atom. The smallest absolute Gasteiger partial charge is 0.135 e. The van der Waals surface area contributed by atoms with Crippen LogP contribution in [0.1, 0.15) is 47.0 Å². The largest absolute Gasteiger partial charge is 0.490 e. The van der Waals surface area contributed by atoms with Gasteiger partial charge in [-0.05, 0) is 44.6 Å². The predicted octanol–water partition coefficient (Wildman–Crippen LogP) is 2.87. The summed E-state index contributed by atoms with van der Waals surface area (Å²) in [5.41, 5.74) is -0.105. The van der Waals surface area contributed by atoms with Gasteiger partial charge in [-0.1, -0.05) is 13.8 Å². The normalized spacial score (nSPS) is 43.9. The van der Waals surface area contributed by atoms with E-state index in [1.165, 1.54) is 0 Å². The van der Waals surface area contributed by atoms with Gasteiger partial charge in [0.05, 0.1) is 11.9 Å². The van der Waals surface area contributed by atoms with Crippen molar-refractivity contribution in [2.24, 2.45) is 11.3 Å². The summed E-state index contributed by atoms with van der Waals surface area (Å²) in [5, 5.41) is 10.2. The summed E-state index contributed by atoms with van der Waals surface area (Å²) in [6, 6.07) is 0. The highest BCUT2D eigenvalue weighted by Crippen LogP contribution is 2.52. The first kappa shape index (κ1) is 11.0. The quantitative estimate of drug-likeness (QED) is 0.666. The molecule has 0 amide bonds. The number of aliphatic hydroxyl groups excluding tert-OH is 1. The van der Waals surface area contributed by atoms with E-state index in [9.17, 15) is 5.11 Å². The highest BCUT2D eigenvalue weighted by molar-refractivity contribution is 5.11. The second kappa shape index (κ2) is 3.24. The maximum absolute atomic E-state index is 10.2. The first-order valence-electron chi connectivity index (χ1n) is 5.90. The van der Waals surface area contributed by atoms with Gasteiger partial charge in [-0.25, -0.2) is 0 Å². The van der Waals surface area contributed by atoms with Crippen LogP contribution in [0, 0.1) is 11.3 Å². The van der Waals surface area contributed by atoms with Crippen LogP contribution in [-0.4, -0.2) is 16.8 Å². The lowest BCUT2D eigenvalue weighted by Gasteiger charge is -2.54. The van der Waals surface area contributed by atoms with Gasteiger partial charge >= 0.3 is 0 Å². The molecule has 2 heteroatoms. The molecule has 2 nitrogen and oxygen atoms in total. The molecule has 15 heavy (non-hydrogen) atoms. The van der Waals surface area contributed by atoms with E-state index in [4.69, 9.17) is 4.74 Å². The fourth-order valence-electron chi connectivity index (χ4n) is 3.34. The third kappa shape index (κ3) is 1.59. The fourth-order valence-corrected chi connectivity index (χ4v) is 3.34. The Labute approximate surface area is 92.3 Å². The van der Waals surface area contributed by atoms with Crippen molar-refractivity contribution in [2.75, 3.05) is 0 Å². The van der Waals surface area contributed by atoms with Gasteiger partial charge in [-0.2, -0.15) is 0 Å². The number of fused-ring (bicyclic) bond motifs is 1. The van der Waals surface area contributed by atoms with Crippen LogP contribution in [-0.2, 0) is 4.74 Å². The number of ether oxygens (including phenoxy) is 1. The van der Waals surface area contributed by atoms with Crippen molar-refractivity contribution in [3.05, 3.63) is 11.8 Å². The first-order chi connectivity index (χ1) is 6.86. The molecule has 1 fully saturated rings. The highest BCUT2D eigenvalue weighted by Gasteiger charge is 2.54. The minimum Gasteiger partial charge on any atom is -0.490 e. The Hall–Kier alpha value is -0.500. The van der Waals surface area contributed by atoms with Crippen molar-refractivity contribution < 1.29 is 9.84 Å². The van der Waals surface area contributed by atoms with Crippen molar-refractivity contribution in [2.45, 2.75) is 58.7 Å². The van der Waals surface area contributed by atoms with Gasteiger partial charge in [-0.15, -0.1) is 0 Å². The van der Waals surface area contributed by atoms with E-state index in [2.05, 4.69) is 26.8 Å². The van der Waals surface area contributed by atoms with E-state index < -0.39 is 0 Å². The molecule has 0 spiro atoms. The van der Waals surface area contributed by atoms with Crippen molar-refractivity contribution >= 4 is 0 Å². The molecule has 3 atom stereocenters. The summed E-state index contributed by atoms with van der Waals surface area (Å²) in [6.07, 6.45) is 4.82. The van der Waals surface area contributed by atoms with Gasteiger partial charge < -0.3 is 9.84 Å². The van der Waals surface area contributed by atoms with Gasteiger partial charge in [0.2, 0.25) is 0 Å². The maximum atomic E-state index is 10.2. The second-order valence-corrected chi connectivity index (χ2v) is 5.93. The van der Waals surface area contributed by atoms with Gasteiger partial charge in [0.25, 0.3) is 0 Å². The number of hydrogen-bond donors (Lipinski definition) is 1. The molecule has 1 heterocycles. The monoisotopic (exact) mass is 210 g/mol. The van der Waals surface area contributed by atoms with Crippen molar-refractivity contribution in [3.63, 3.8) is 0 Å². The lowest BCUT2D eigenvalue weighted by atomic mass is 9.59. The molecule has 2 rings (SSSR count). The summed E-state index contributed by atoms with van der Waals surface area (Å²) in [7, 11) is 0. The Morgan fingerprint density at radius 3 is 2.73 bits per heavy atom. The zero-order chi connectivity index (χ0) is 11.3. The highest BCUT2D eigenvalue weighted by atomic mass is 16.5. The standard InChI is InChI=1S/C13H22O2/c1-9-5-6-10-12(2,3)8-7-11(14)13(10,4)15-9/h5,10-11,14H,6-8H2,1-4H3/t10-,11-,13-/m1/s1. The van der Waals surface area contributed by atoms with E-state index >= 15 is 0 Å². The number of hydrogen-bond acceptors (Lipinski definition) is 2. The van der Waals surface area contributed by atoms with Gasteiger partial charge in [-0.3, -0.25) is 0 Å². The van der Waals surface area contributed by atoms with Crippen LogP contribution in [0.4, 0.5) is 0 Å². The van der Waals surface area contributed by atoms with Crippen molar-refractivity contribution in [3.8, 4) is 0 Å². The average Bonchev–Trinajstić information content (AvgIpc) is 2.11. The van der Waals surface area contributed by atoms with Crippen LogP contribution >= 0.6 is 0 Å². The maximum Gasteiger partial charge on any atom is 0.135 e. The zero-order valence-corrected chi connectivity index (χ0v) is 10.2. The molecule has 0 unspecified atom stereocenters. The number of rotatable bonds is 0. The molecule has 1 saturated carbocycles. The van der Waals surface area contributed by atoms with Crippen LogP contribution in [0.15, 0.2) is 11.8 Å². The molecular formula is C13H22O2. The lowest BCUT2D eigenvalue weighted by molar-refractivity contribution is -0.182. The molecule has 0 aromatic heterocycles. The minimum absolute atomic E-state index is 0.269. The van der Waals surface area contributed by atoms with Crippen LogP contribution in [0.25, 0.3) is 0 Å². The van der Waals surface area contributed by atoms with Crippen LogP contribution in [0.2, 0.25) is 0 Å². The van der Waals surface area contributed by atoms with E-state index in [1.807, 2.05) is 6.92 Å². The summed E-state index contributed by atoms with van der Waals surface area (Å²) in [4.78, 5) is 0. The van der Waals surface area contributed by atoms with E-state index in [1.54, 1.807) is 0 Å². The van der Waals surface area contributed by atoms with Gasteiger partial charge in [0.15, 0.2) is 0 Å². The Balaban J connectivity index is 2.36. The summed E-state index contributed by atoms with van der Waals surface area (Å²) >= 11 is 0. The fraction of sp³-hybridized carbons (Fsp3) is 0.846. The SMILES string of the molecule is CC1=CC[C@@H]2C(C)(C)CC[C@@H](O)[C@]2(C)O1. The van der Waals surface area contributed by atoms with Crippen LogP contribution < -0.4 is 0 Å². The van der Waals surface area contributed by atoms with Crippen LogP contribution in [0.3, 0.4) is 0 Å². The third-order valence-electron chi connectivity index (χ3n) is 4.38. The molecule has 0 bridgehead atoms. The average molecular weight is 210 g/mol.